The molecule has 1 atom stereocenters. The first-order valence-electron chi connectivity index (χ1n) is 7.63. The number of ether oxygens (including phenoxy) is 1. The van der Waals surface area contributed by atoms with Crippen molar-refractivity contribution in [2.24, 2.45) is 0 Å². The van der Waals surface area contributed by atoms with Crippen molar-refractivity contribution in [3.05, 3.63) is 11.3 Å². The molecule has 0 spiro atoms. The van der Waals surface area contributed by atoms with Gasteiger partial charge >= 0.3 is 5.97 Å². The fraction of sp³-hybridized carbons (Fsp3) is 0.667. The van der Waals surface area contributed by atoms with Crippen LogP contribution in [0, 0.1) is 6.92 Å². The predicted molar refractivity (Wildman–Crippen MR) is 82.3 cm³/mol. The van der Waals surface area contributed by atoms with Crippen molar-refractivity contribution in [1.29, 1.82) is 0 Å². The molecule has 1 heterocycles. The van der Waals surface area contributed by atoms with Crippen molar-refractivity contribution in [1.82, 2.24) is 10.5 Å². The third kappa shape index (κ3) is 5.75. The highest BCUT2D eigenvalue weighted by Gasteiger charge is 2.21. The van der Waals surface area contributed by atoms with Crippen LogP contribution >= 0.6 is 0 Å². The van der Waals surface area contributed by atoms with Gasteiger partial charge in [0.15, 0.2) is 6.61 Å². The van der Waals surface area contributed by atoms with Crippen LogP contribution in [0.25, 0.3) is 0 Å². The van der Waals surface area contributed by atoms with Crippen LogP contribution in [-0.2, 0) is 9.53 Å². The van der Waals surface area contributed by atoms with Gasteiger partial charge in [-0.3, -0.25) is 4.79 Å². The molecule has 0 radical (unpaired) electrons. The second-order valence-corrected chi connectivity index (χ2v) is 5.40. The fourth-order valence-corrected chi connectivity index (χ4v) is 2.10. The van der Waals surface area contributed by atoms with Gasteiger partial charge < -0.3 is 20.3 Å². The first-order valence-corrected chi connectivity index (χ1v) is 7.63. The van der Waals surface area contributed by atoms with E-state index < -0.39 is 5.97 Å². The molecule has 1 rings (SSSR count). The number of carbonyl (C=O) groups is 2. The number of nitrogens with two attached hydrogens (primary N) is 1. The van der Waals surface area contributed by atoms with E-state index in [0.717, 1.165) is 19.3 Å². The zero-order valence-electron chi connectivity index (χ0n) is 13.5. The Labute approximate surface area is 130 Å². The second-order valence-electron chi connectivity index (χ2n) is 5.40. The Morgan fingerprint density at radius 3 is 2.68 bits per heavy atom. The number of aromatic nitrogens is 1. The number of anilines is 1. The van der Waals surface area contributed by atoms with Gasteiger partial charge in [-0.2, -0.15) is 0 Å². The topological polar surface area (TPSA) is 107 Å². The molecule has 1 aromatic rings. The number of nitrogens with zero attached hydrogens (tertiary/aromatic N) is 1. The highest BCUT2D eigenvalue weighted by Crippen LogP contribution is 2.16. The summed E-state index contributed by atoms with van der Waals surface area (Å²) in [6.07, 6.45) is 5.54. The lowest BCUT2D eigenvalue weighted by molar-refractivity contribution is -0.124. The summed E-state index contributed by atoms with van der Waals surface area (Å²) in [4.78, 5) is 23.5. The smallest absolute Gasteiger partial charge is 0.346 e. The molecule has 7 heteroatoms. The minimum atomic E-state index is -0.706. The molecule has 0 saturated heterocycles. The maximum Gasteiger partial charge on any atom is 0.346 e. The molecule has 0 saturated carbocycles. The highest BCUT2D eigenvalue weighted by molar-refractivity contribution is 5.96. The Morgan fingerprint density at radius 2 is 2.09 bits per heavy atom. The molecule has 0 aliphatic rings. The summed E-state index contributed by atoms with van der Waals surface area (Å²) < 4.78 is 9.60. The van der Waals surface area contributed by atoms with E-state index in [2.05, 4.69) is 21.9 Å². The largest absolute Gasteiger partial charge is 0.452 e. The van der Waals surface area contributed by atoms with Crippen molar-refractivity contribution in [2.75, 3.05) is 12.3 Å². The molecule has 22 heavy (non-hydrogen) atoms. The van der Waals surface area contributed by atoms with E-state index in [9.17, 15) is 9.59 Å². The number of aryl methyl sites for hydroxylation is 1. The lowest BCUT2D eigenvalue weighted by Crippen LogP contribution is -2.35. The van der Waals surface area contributed by atoms with Crippen LogP contribution in [0.4, 0.5) is 5.88 Å². The van der Waals surface area contributed by atoms with Crippen molar-refractivity contribution in [2.45, 2.75) is 58.9 Å². The number of nitrogen functional groups attached to an aromatic ring is 1. The molecule has 0 aliphatic carbocycles. The molecule has 1 amide bonds. The van der Waals surface area contributed by atoms with Crippen molar-refractivity contribution in [3.63, 3.8) is 0 Å². The lowest BCUT2D eigenvalue weighted by Gasteiger charge is -2.13. The highest BCUT2D eigenvalue weighted by atomic mass is 16.5. The number of amides is 1. The van der Waals surface area contributed by atoms with E-state index in [0.29, 0.717) is 5.69 Å². The average molecular weight is 311 g/mol. The third-order valence-corrected chi connectivity index (χ3v) is 3.33. The first kappa shape index (κ1) is 18.0. The number of rotatable bonds is 9. The Kier molecular flexibility index (Phi) is 7.42. The van der Waals surface area contributed by atoms with Gasteiger partial charge in [-0.1, -0.05) is 37.8 Å². The number of hydrogen-bond acceptors (Lipinski definition) is 6. The van der Waals surface area contributed by atoms with Gasteiger partial charge in [0.05, 0.1) is 5.69 Å². The third-order valence-electron chi connectivity index (χ3n) is 3.33. The molecule has 0 bridgehead atoms. The molecular formula is C15H25N3O4. The number of unbranched alkanes of at least 4 members (excludes halogenated alkanes) is 3. The van der Waals surface area contributed by atoms with Crippen LogP contribution in [0.15, 0.2) is 4.52 Å². The van der Waals surface area contributed by atoms with E-state index >= 15 is 0 Å². The van der Waals surface area contributed by atoms with Gasteiger partial charge in [0.2, 0.25) is 5.88 Å². The predicted octanol–water partition coefficient (Wildman–Crippen LogP) is 2.20. The minimum absolute atomic E-state index is 0.0606. The molecule has 7 nitrogen and oxygen atoms in total. The van der Waals surface area contributed by atoms with Crippen LogP contribution in [0.3, 0.4) is 0 Å². The Morgan fingerprint density at radius 1 is 1.36 bits per heavy atom. The normalized spacial score (nSPS) is 12.0. The number of esters is 1. The molecule has 124 valence electrons. The summed E-state index contributed by atoms with van der Waals surface area (Å²) in [7, 11) is 0. The molecule has 0 aliphatic heterocycles. The molecule has 0 fully saturated rings. The quantitative estimate of drug-likeness (QED) is 0.534. The van der Waals surface area contributed by atoms with E-state index in [1.807, 2.05) is 6.92 Å². The second kappa shape index (κ2) is 9.07. The molecular weight excluding hydrogens is 286 g/mol. The number of carbonyl (C=O) groups excluding carboxylic acids is 2. The fourth-order valence-electron chi connectivity index (χ4n) is 2.10. The van der Waals surface area contributed by atoms with Gasteiger partial charge in [-0.25, -0.2) is 4.79 Å². The summed E-state index contributed by atoms with van der Waals surface area (Å²) in [5.41, 5.74) is 5.89. The van der Waals surface area contributed by atoms with E-state index in [1.165, 1.54) is 12.8 Å². The number of nitrogens with one attached hydrogen (secondary N) is 1. The van der Waals surface area contributed by atoms with E-state index in [-0.39, 0.29) is 30.0 Å². The molecule has 1 aromatic heterocycles. The Bertz CT molecular complexity index is 479. The van der Waals surface area contributed by atoms with Crippen LogP contribution < -0.4 is 11.1 Å². The van der Waals surface area contributed by atoms with E-state index in [4.69, 9.17) is 10.5 Å². The van der Waals surface area contributed by atoms with Crippen LogP contribution in [-0.4, -0.2) is 29.7 Å². The summed E-state index contributed by atoms with van der Waals surface area (Å²) >= 11 is 0. The van der Waals surface area contributed by atoms with Gasteiger partial charge in [0.25, 0.3) is 5.91 Å². The maximum atomic E-state index is 11.8. The van der Waals surface area contributed by atoms with Crippen LogP contribution in [0.5, 0.6) is 0 Å². The Balaban J connectivity index is 2.29. The van der Waals surface area contributed by atoms with Gasteiger partial charge in [-0.15, -0.1) is 0 Å². The van der Waals surface area contributed by atoms with Crippen LogP contribution in [0.2, 0.25) is 0 Å². The van der Waals surface area contributed by atoms with Crippen molar-refractivity contribution in [3.8, 4) is 0 Å². The molecule has 3 N–H and O–H groups in total. The number of hydrogen-bond donors (Lipinski definition) is 2. The van der Waals surface area contributed by atoms with E-state index in [1.54, 1.807) is 6.92 Å². The van der Waals surface area contributed by atoms with Gasteiger partial charge in [0, 0.05) is 6.04 Å². The molecule has 0 aromatic carbocycles. The Hall–Kier alpha value is -2.05. The van der Waals surface area contributed by atoms with Crippen molar-refractivity contribution < 1.29 is 18.8 Å². The standard InChI is InChI=1S/C15H25N3O4/c1-4-5-6-7-8-10(2)17-12(19)9-21-15(20)13-11(3)18-22-14(13)16/h10H,4-9,16H2,1-3H3,(H,17,19)/t10-/m0/s1. The van der Waals surface area contributed by atoms with Gasteiger partial charge in [-0.05, 0) is 20.3 Å². The molecule has 0 unspecified atom stereocenters. The monoisotopic (exact) mass is 311 g/mol. The zero-order chi connectivity index (χ0) is 16.5. The van der Waals surface area contributed by atoms with Crippen LogP contribution in [0.1, 0.15) is 62.0 Å². The first-order chi connectivity index (χ1) is 10.5. The van der Waals surface area contributed by atoms with Crippen molar-refractivity contribution >= 4 is 17.8 Å². The summed E-state index contributed by atoms with van der Waals surface area (Å²) in [6, 6.07) is 0.0606. The maximum absolute atomic E-state index is 11.8. The summed E-state index contributed by atoms with van der Waals surface area (Å²) in [6.45, 7) is 5.33. The summed E-state index contributed by atoms with van der Waals surface area (Å²) in [5.74, 6) is -1.14. The lowest BCUT2D eigenvalue weighted by atomic mass is 10.1. The SMILES string of the molecule is CCCCCC[C@H](C)NC(=O)COC(=O)c1c(C)noc1N. The zero-order valence-corrected chi connectivity index (χ0v) is 13.5. The van der Waals surface area contributed by atoms with Gasteiger partial charge in [0.1, 0.15) is 5.56 Å². The average Bonchev–Trinajstić information content (AvgIpc) is 2.80. The summed E-state index contributed by atoms with van der Waals surface area (Å²) in [5, 5.41) is 6.36. The minimum Gasteiger partial charge on any atom is -0.452 e.